The van der Waals surface area contributed by atoms with Gasteiger partial charge in [-0.15, -0.1) is 0 Å². The average molecular weight is 240 g/mol. The summed E-state index contributed by atoms with van der Waals surface area (Å²) < 4.78 is 5.00. The number of ether oxygens (including phenoxy) is 1. The molecular formula is C13H24N2O2. The van der Waals surface area contributed by atoms with Crippen LogP contribution < -0.4 is 5.32 Å². The second-order valence-electron chi connectivity index (χ2n) is 5.78. The van der Waals surface area contributed by atoms with Gasteiger partial charge in [-0.05, 0) is 32.1 Å². The molecule has 2 unspecified atom stereocenters. The molecule has 0 bridgehead atoms. The molecule has 0 spiro atoms. The quantitative estimate of drug-likeness (QED) is 0.741. The van der Waals surface area contributed by atoms with Crippen LogP contribution in [0, 0.1) is 11.8 Å². The normalized spacial score (nSPS) is 30.6. The fourth-order valence-corrected chi connectivity index (χ4v) is 3.35. The molecule has 0 aliphatic carbocycles. The van der Waals surface area contributed by atoms with Crippen molar-refractivity contribution in [1.82, 2.24) is 10.2 Å². The van der Waals surface area contributed by atoms with E-state index in [4.69, 9.17) is 4.74 Å². The number of amides is 1. The highest BCUT2D eigenvalue weighted by atomic mass is 16.5. The number of hydrogen-bond donors (Lipinski definition) is 1. The first-order valence-corrected chi connectivity index (χ1v) is 6.57. The SMILES string of the molecule is COCCCC(=O)N1CC2CNCC2C1(C)C. The molecule has 2 atom stereocenters. The Morgan fingerprint density at radius 2 is 2.24 bits per heavy atom. The van der Waals surface area contributed by atoms with Gasteiger partial charge in [0.15, 0.2) is 0 Å². The monoisotopic (exact) mass is 240 g/mol. The lowest BCUT2D eigenvalue weighted by Crippen LogP contribution is -2.47. The van der Waals surface area contributed by atoms with Crippen molar-refractivity contribution in [2.45, 2.75) is 32.2 Å². The number of nitrogens with one attached hydrogen (secondary N) is 1. The molecule has 98 valence electrons. The van der Waals surface area contributed by atoms with Crippen LogP contribution in [0.3, 0.4) is 0 Å². The van der Waals surface area contributed by atoms with Gasteiger partial charge >= 0.3 is 0 Å². The second-order valence-corrected chi connectivity index (χ2v) is 5.78. The molecule has 1 amide bonds. The Morgan fingerprint density at radius 3 is 2.88 bits per heavy atom. The van der Waals surface area contributed by atoms with E-state index in [1.165, 1.54) is 0 Å². The van der Waals surface area contributed by atoms with Crippen molar-refractivity contribution in [3.05, 3.63) is 0 Å². The molecule has 2 saturated heterocycles. The molecule has 2 rings (SSSR count). The average Bonchev–Trinajstić information content (AvgIpc) is 2.81. The number of fused-ring (bicyclic) bond motifs is 1. The van der Waals surface area contributed by atoms with Crippen molar-refractivity contribution < 1.29 is 9.53 Å². The van der Waals surface area contributed by atoms with E-state index in [0.717, 1.165) is 26.1 Å². The molecule has 2 aliphatic heterocycles. The maximum atomic E-state index is 12.2. The molecule has 0 aromatic rings. The molecular weight excluding hydrogens is 216 g/mol. The first kappa shape index (κ1) is 12.8. The van der Waals surface area contributed by atoms with Crippen molar-refractivity contribution >= 4 is 5.91 Å². The molecule has 2 fully saturated rings. The highest BCUT2D eigenvalue weighted by Gasteiger charge is 2.50. The molecule has 17 heavy (non-hydrogen) atoms. The number of carbonyl (C=O) groups is 1. The van der Waals surface area contributed by atoms with Gasteiger partial charge < -0.3 is 15.0 Å². The number of hydrogen-bond acceptors (Lipinski definition) is 3. The van der Waals surface area contributed by atoms with E-state index in [2.05, 4.69) is 24.1 Å². The Kier molecular flexibility index (Phi) is 3.73. The third-order valence-corrected chi connectivity index (χ3v) is 4.40. The number of likely N-dealkylation sites (tertiary alicyclic amines) is 1. The summed E-state index contributed by atoms with van der Waals surface area (Å²) in [4.78, 5) is 14.3. The van der Waals surface area contributed by atoms with Crippen molar-refractivity contribution in [2.24, 2.45) is 11.8 Å². The summed E-state index contributed by atoms with van der Waals surface area (Å²) >= 11 is 0. The summed E-state index contributed by atoms with van der Waals surface area (Å²) in [5.74, 6) is 1.56. The molecule has 4 nitrogen and oxygen atoms in total. The smallest absolute Gasteiger partial charge is 0.223 e. The van der Waals surface area contributed by atoms with Gasteiger partial charge in [0.05, 0.1) is 0 Å². The molecule has 0 saturated carbocycles. The highest BCUT2D eigenvalue weighted by molar-refractivity contribution is 5.77. The van der Waals surface area contributed by atoms with Gasteiger partial charge in [-0.1, -0.05) is 0 Å². The minimum atomic E-state index is 0.0122. The highest BCUT2D eigenvalue weighted by Crippen LogP contribution is 2.40. The van der Waals surface area contributed by atoms with E-state index >= 15 is 0 Å². The molecule has 4 heteroatoms. The van der Waals surface area contributed by atoms with E-state index in [0.29, 0.717) is 30.8 Å². The van der Waals surface area contributed by atoms with Gasteiger partial charge in [0.25, 0.3) is 0 Å². The number of nitrogens with zero attached hydrogens (tertiary/aromatic N) is 1. The predicted molar refractivity (Wildman–Crippen MR) is 66.8 cm³/mol. The van der Waals surface area contributed by atoms with Gasteiger partial charge in [-0.2, -0.15) is 0 Å². The summed E-state index contributed by atoms with van der Waals surface area (Å²) in [6, 6.07) is 0. The van der Waals surface area contributed by atoms with Crippen LogP contribution in [0.2, 0.25) is 0 Å². The van der Waals surface area contributed by atoms with Gasteiger partial charge in [0.2, 0.25) is 5.91 Å². The fraction of sp³-hybridized carbons (Fsp3) is 0.923. The lowest BCUT2D eigenvalue weighted by Gasteiger charge is -2.35. The van der Waals surface area contributed by atoms with Crippen LogP contribution in [0.1, 0.15) is 26.7 Å². The van der Waals surface area contributed by atoms with Gasteiger partial charge in [0.1, 0.15) is 0 Å². The molecule has 0 aromatic heterocycles. The van der Waals surface area contributed by atoms with Crippen molar-refractivity contribution in [3.8, 4) is 0 Å². The molecule has 1 N–H and O–H groups in total. The Balaban J connectivity index is 1.95. The summed E-state index contributed by atoms with van der Waals surface area (Å²) in [5, 5.41) is 3.43. The van der Waals surface area contributed by atoms with Crippen LogP contribution >= 0.6 is 0 Å². The van der Waals surface area contributed by atoms with Crippen LogP contribution in [0.25, 0.3) is 0 Å². The summed E-state index contributed by atoms with van der Waals surface area (Å²) in [6.07, 6.45) is 1.44. The lowest BCUT2D eigenvalue weighted by molar-refractivity contribution is -0.135. The Labute approximate surface area is 104 Å². The van der Waals surface area contributed by atoms with Gasteiger partial charge in [0, 0.05) is 45.3 Å². The number of rotatable bonds is 4. The van der Waals surface area contributed by atoms with Crippen LogP contribution in [0.15, 0.2) is 0 Å². The molecule has 2 heterocycles. The minimum Gasteiger partial charge on any atom is -0.385 e. The summed E-state index contributed by atoms with van der Waals surface area (Å²) in [5.41, 5.74) is 0.0122. The summed E-state index contributed by atoms with van der Waals surface area (Å²) in [6.45, 7) is 8.14. The summed E-state index contributed by atoms with van der Waals surface area (Å²) in [7, 11) is 1.68. The number of methoxy groups -OCH3 is 1. The minimum absolute atomic E-state index is 0.0122. The molecule has 0 aromatic carbocycles. The van der Waals surface area contributed by atoms with E-state index in [1.54, 1.807) is 7.11 Å². The van der Waals surface area contributed by atoms with Gasteiger partial charge in [-0.25, -0.2) is 0 Å². The van der Waals surface area contributed by atoms with E-state index in [-0.39, 0.29) is 5.54 Å². The Bertz CT molecular complexity index is 291. The van der Waals surface area contributed by atoms with Crippen molar-refractivity contribution in [1.29, 1.82) is 0 Å². The predicted octanol–water partition coefficient (Wildman–Crippen LogP) is 0.869. The third kappa shape index (κ3) is 2.33. The third-order valence-electron chi connectivity index (χ3n) is 4.40. The van der Waals surface area contributed by atoms with Crippen LogP contribution in [0.4, 0.5) is 0 Å². The first-order valence-electron chi connectivity index (χ1n) is 6.57. The molecule has 0 radical (unpaired) electrons. The maximum absolute atomic E-state index is 12.2. The van der Waals surface area contributed by atoms with Gasteiger partial charge in [-0.3, -0.25) is 4.79 Å². The first-order chi connectivity index (χ1) is 8.07. The topological polar surface area (TPSA) is 41.6 Å². The van der Waals surface area contributed by atoms with E-state index in [9.17, 15) is 4.79 Å². The Morgan fingerprint density at radius 1 is 1.47 bits per heavy atom. The zero-order valence-corrected chi connectivity index (χ0v) is 11.2. The fourth-order valence-electron chi connectivity index (χ4n) is 3.35. The van der Waals surface area contributed by atoms with E-state index in [1.807, 2.05) is 0 Å². The Hall–Kier alpha value is -0.610. The zero-order valence-electron chi connectivity index (χ0n) is 11.2. The van der Waals surface area contributed by atoms with E-state index < -0.39 is 0 Å². The number of carbonyl (C=O) groups excluding carboxylic acids is 1. The maximum Gasteiger partial charge on any atom is 0.223 e. The van der Waals surface area contributed by atoms with Crippen LogP contribution in [-0.4, -0.2) is 49.7 Å². The lowest BCUT2D eigenvalue weighted by atomic mass is 9.85. The van der Waals surface area contributed by atoms with Crippen molar-refractivity contribution in [2.75, 3.05) is 33.4 Å². The van der Waals surface area contributed by atoms with Crippen LogP contribution in [-0.2, 0) is 9.53 Å². The van der Waals surface area contributed by atoms with Crippen molar-refractivity contribution in [3.63, 3.8) is 0 Å². The zero-order chi connectivity index (χ0) is 12.5. The standard InChI is InChI=1S/C13H24N2O2/c1-13(2)11-8-14-7-10(11)9-15(13)12(16)5-4-6-17-3/h10-11,14H,4-9H2,1-3H3. The molecule has 2 aliphatic rings. The largest absolute Gasteiger partial charge is 0.385 e. The second kappa shape index (κ2) is 4.94. The van der Waals surface area contributed by atoms with Crippen LogP contribution in [0.5, 0.6) is 0 Å².